The molecule has 0 radical (unpaired) electrons. The number of hydrogen-bond donors (Lipinski definition) is 1. The lowest BCUT2D eigenvalue weighted by molar-refractivity contribution is -0.151. The van der Waals surface area contributed by atoms with Gasteiger partial charge in [0.2, 0.25) is 0 Å². The Balaban J connectivity index is 1.84. The van der Waals surface area contributed by atoms with Gasteiger partial charge in [0.15, 0.2) is 11.6 Å². The number of Topliss-reactive ketones (excluding diaryl/α,β-unsaturated/α-hetero) is 1. The molecule has 0 aliphatic heterocycles. The lowest BCUT2D eigenvalue weighted by Crippen LogP contribution is -2.66. The molecule has 4 aliphatic carbocycles. The highest BCUT2D eigenvalue weighted by atomic mass is 79.9. The van der Waals surface area contributed by atoms with E-state index in [4.69, 9.17) is 0 Å². The molecule has 0 heterocycles. The van der Waals surface area contributed by atoms with Crippen LogP contribution < -0.4 is 0 Å². The van der Waals surface area contributed by atoms with Crippen LogP contribution in [0.15, 0.2) is 11.6 Å². The highest BCUT2D eigenvalue weighted by Crippen LogP contribution is 2.70. The Morgan fingerprint density at radius 3 is 2.50 bits per heavy atom. The Morgan fingerprint density at radius 2 is 1.79 bits per heavy atom. The molecule has 0 aromatic carbocycles. The SMILES string of the molecule is C[C@]12CCC(=O)C=C1CC[C@H]1[C@@H]3CC[C@@](C)(O)[C@@]3(C)CC(=O)[C@@]12Br. The van der Waals surface area contributed by atoms with E-state index in [0.29, 0.717) is 18.8 Å². The fourth-order valence-electron chi connectivity index (χ4n) is 6.50. The Morgan fingerprint density at radius 1 is 1.08 bits per heavy atom. The third-order valence-electron chi connectivity index (χ3n) is 8.36. The largest absolute Gasteiger partial charge is 0.390 e. The summed E-state index contributed by atoms with van der Waals surface area (Å²) >= 11 is 3.97. The van der Waals surface area contributed by atoms with Crippen molar-refractivity contribution < 1.29 is 14.7 Å². The number of hydrogen-bond acceptors (Lipinski definition) is 3. The van der Waals surface area contributed by atoms with Crippen LogP contribution in [0.1, 0.15) is 65.7 Å². The second kappa shape index (κ2) is 4.82. The number of carbonyl (C=O) groups is 2. The summed E-state index contributed by atoms with van der Waals surface area (Å²) in [5.41, 5.74) is -0.194. The summed E-state index contributed by atoms with van der Waals surface area (Å²) in [5.74, 6) is 1.04. The lowest BCUT2D eigenvalue weighted by atomic mass is 9.46. The van der Waals surface area contributed by atoms with Gasteiger partial charge >= 0.3 is 0 Å². The van der Waals surface area contributed by atoms with E-state index in [2.05, 4.69) is 29.8 Å². The van der Waals surface area contributed by atoms with E-state index in [0.717, 1.165) is 37.7 Å². The molecule has 4 aliphatic rings. The van der Waals surface area contributed by atoms with Crippen molar-refractivity contribution in [1.82, 2.24) is 0 Å². The van der Waals surface area contributed by atoms with E-state index in [9.17, 15) is 14.7 Å². The van der Waals surface area contributed by atoms with Gasteiger partial charge in [0, 0.05) is 23.7 Å². The molecule has 132 valence electrons. The minimum Gasteiger partial charge on any atom is -0.390 e. The quantitative estimate of drug-likeness (QED) is 0.632. The van der Waals surface area contributed by atoms with Crippen molar-refractivity contribution >= 4 is 27.5 Å². The summed E-state index contributed by atoms with van der Waals surface area (Å²) < 4.78 is -0.574. The van der Waals surface area contributed by atoms with Crippen molar-refractivity contribution in [3.63, 3.8) is 0 Å². The normalized spacial score (nSPS) is 54.0. The topological polar surface area (TPSA) is 54.4 Å². The Labute approximate surface area is 152 Å². The monoisotopic (exact) mass is 394 g/mol. The summed E-state index contributed by atoms with van der Waals surface area (Å²) in [5, 5.41) is 10.9. The first-order chi connectivity index (χ1) is 11.1. The van der Waals surface area contributed by atoms with Crippen LogP contribution in [0.25, 0.3) is 0 Å². The Kier molecular flexibility index (Phi) is 3.41. The molecule has 0 amide bonds. The number of ketones is 2. The van der Waals surface area contributed by atoms with Crippen LogP contribution in [0, 0.1) is 22.7 Å². The second-order valence-corrected chi connectivity index (χ2v) is 10.5. The smallest absolute Gasteiger partial charge is 0.155 e. The minimum atomic E-state index is -0.763. The van der Waals surface area contributed by atoms with Gasteiger partial charge in [-0.05, 0) is 56.9 Å². The van der Waals surface area contributed by atoms with Gasteiger partial charge < -0.3 is 5.11 Å². The standard InChI is InChI=1S/C20H27BrO3/c1-17-8-6-13(22)10-12(17)4-5-15-14-7-9-19(3,24)18(14,2)11-16(23)20(15,17)21/h10,14-15,24H,4-9,11H2,1-3H3/t14-,15-,17-,18-,19+,20-/m0/s1. The van der Waals surface area contributed by atoms with E-state index >= 15 is 0 Å². The van der Waals surface area contributed by atoms with Crippen molar-refractivity contribution in [2.45, 2.75) is 75.6 Å². The molecular formula is C20H27BrO3. The van der Waals surface area contributed by atoms with E-state index in [1.165, 1.54) is 0 Å². The lowest BCUT2D eigenvalue weighted by Gasteiger charge is -2.62. The fourth-order valence-corrected chi connectivity index (χ4v) is 7.65. The predicted molar refractivity (Wildman–Crippen MR) is 95.9 cm³/mol. The third kappa shape index (κ3) is 1.77. The second-order valence-electron chi connectivity index (χ2n) is 9.26. The van der Waals surface area contributed by atoms with Crippen LogP contribution in [0.2, 0.25) is 0 Å². The highest BCUT2D eigenvalue weighted by molar-refractivity contribution is 9.10. The molecule has 0 unspecified atom stereocenters. The number of aliphatic hydroxyl groups is 1. The number of halogens is 1. The van der Waals surface area contributed by atoms with Gasteiger partial charge in [-0.25, -0.2) is 0 Å². The summed E-state index contributed by atoms with van der Waals surface area (Å²) in [7, 11) is 0. The van der Waals surface area contributed by atoms with Gasteiger partial charge in [-0.2, -0.15) is 0 Å². The van der Waals surface area contributed by atoms with Crippen molar-refractivity contribution in [3.8, 4) is 0 Å². The summed E-state index contributed by atoms with van der Waals surface area (Å²) in [6.07, 6.45) is 7.14. The average molecular weight is 395 g/mol. The summed E-state index contributed by atoms with van der Waals surface area (Å²) in [6, 6.07) is 0. The van der Waals surface area contributed by atoms with E-state index in [-0.39, 0.29) is 28.3 Å². The maximum atomic E-state index is 13.5. The van der Waals surface area contributed by atoms with E-state index < -0.39 is 9.93 Å². The van der Waals surface area contributed by atoms with Crippen molar-refractivity contribution in [3.05, 3.63) is 11.6 Å². The number of rotatable bonds is 0. The first-order valence-electron chi connectivity index (χ1n) is 9.25. The zero-order chi connectivity index (χ0) is 17.5. The fraction of sp³-hybridized carbons (Fsp3) is 0.800. The predicted octanol–water partition coefficient (Wildman–Crippen LogP) is 3.97. The molecule has 0 aromatic rings. The molecule has 0 bridgehead atoms. The number of allylic oxidation sites excluding steroid dienone is 1. The number of alkyl halides is 1. The van der Waals surface area contributed by atoms with Crippen LogP contribution in [0.5, 0.6) is 0 Å². The van der Waals surface area contributed by atoms with Crippen LogP contribution in [0.3, 0.4) is 0 Å². The first-order valence-corrected chi connectivity index (χ1v) is 10.0. The minimum absolute atomic E-state index is 0.203. The van der Waals surface area contributed by atoms with Gasteiger partial charge in [0.1, 0.15) is 0 Å². The molecule has 4 heteroatoms. The van der Waals surface area contributed by atoms with E-state index in [1.807, 2.05) is 13.0 Å². The van der Waals surface area contributed by atoms with Crippen LogP contribution in [0.4, 0.5) is 0 Å². The van der Waals surface area contributed by atoms with Gasteiger partial charge in [0.25, 0.3) is 0 Å². The maximum Gasteiger partial charge on any atom is 0.155 e. The van der Waals surface area contributed by atoms with Gasteiger partial charge in [0.05, 0.1) is 9.93 Å². The van der Waals surface area contributed by atoms with Crippen LogP contribution in [-0.2, 0) is 9.59 Å². The number of carbonyl (C=O) groups excluding carboxylic acids is 2. The van der Waals surface area contributed by atoms with Crippen molar-refractivity contribution in [2.24, 2.45) is 22.7 Å². The van der Waals surface area contributed by atoms with Crippen molar-refractivity contribution in [2.75, 3.05) is 0 Å². The molecule has 1 N–H and O–H groups in total. The maximum absolute atomic E-state index is 13.5. The van der Waals surface area contributed by atoms with Crippen LogP contribution >= 0.6 is 15.9 Å². The molecule has 3 fully saturated rings. The number of fused-ring (bicyclic) bond motifs is 5. The van der Waals surface area contributed by atoms with Gasteiger partial charge in [-0.15, -0.1) is 0 Å². The molecule has 0 aromatic heterocycles. The van der Waals surface area contributed by atoms with Crippen molar-refractivity contribution in [1.29, 1.82) is 0 Å². The van der Waals surface area contributed by atoms with Gasteiger partial charge in [-0.3, -0.25) is 9.59 Å². The zero-order valence-corrected chi connectivity index (χ0v) is 16.4. The van der Waals surface area contributed by atoms with E-state index in [1.54, 1.807) is 0 Å². The summed E-state index contributed by atoms with van der Waals surface area (Å²) in [6.45, 7) is 6.21. The molecule has 4 rings (SSSR count). The Bertz CT molecular complexity index is 666. The molecule has 0 spiro atoms. The zero-order valence-electron chi connectivity index (χ0n) is 14.8. The molecule has 24 heavy (non-hydrogen) atoms. The van der Waals surface area contributed by atoms with Gasteiger partial charge in [-0.1, -0.05) is 35.4 Å². The first kappa shape index (κ1) is 17.0. The van der Waals surface area contributed by atoms with Crippen LogP contribution in [-0.4, -0.2) is 26.6 Å². The third-order valence-corrected chi connectivity index (χ3v) is 10.3. The molecule has 0 saturated heterocycles. The Hall–Kier alpha value is -0.480. The molecule has 3 saturated carbocycles. The molecule has 6 atom stereocenters. The summed E-state index contributed by atoms with van der Waals surface area (Å²) in [4.78, 5) is 25.4. The average Bonchev–Trinajstić information content (AvgIpc) is 2.72. The molecule has 3 nitrogen and oxygen atoms in total. The molecular weight excluding hydrogens is 368 g/mol. The highest BCUT2D eigenvalue weighted by Gasteiger charge is 2.71.